The number of non-ortho nitro benzene ring substituents is 1. The minimum absolute atomic E-state index is 0.193. The van der Waals surface area contributed by atoms with Crippen LogP contribution in [-0.4, -0.2) is 26.0 Å². The highest BCUT2D eigenvalue weighted by Gasteiger charge is 2.16. The number of nitro groups is 1. The molecule has 0 atom stereocenters. The van der Waals surface area contributed by atoms with Crippen molar-refractivity contribution in [2.24, 2.45) is 0 Å². The molecule has 0 saturated heterocycles. The highest BCUT2D eigenvalue weighted by atomic mass is 16.6. The molecule has 2 aromatic rings. The number of hydrogen-bond acceptors (Lipinski definition) is 6. The molecule has 1 heterocycles. The molecule has 8 nitrogen and oxygen atoms in total. The fourth-order valence-electron chi connectivity index (χ4n) is 1.83. The third-order valence-electron chi connectivity index (χ3n) is 2.67. The van der Waals surface area contributed by atoms with Crippen LogP contribution in [0.5, 0.6) is 0 Å². The molecule has 0 aliphatic rings. The van der Waals surface area contributed by atoms with Gasteiger partial charge in [0.25, 0.3) is 5.69 Å². The molecule has 0 radical (unpaired) electrons. The van der Waals surface area contributed by atoms with E-state index in [1.54, 1.807) is 19.9 Å². The number of nitrogens with zero attached hydrogens (tertiary/aromatic N) is 3. The maximum absolute atomic E-state index is 11.2. The molecule has 2 rings (SSSR count). The second-order valence-electron chi connectivity index (χ2n) is 4.39. The second kappa shape index (κ2) is 5.53. The van der Waals surface area contributed by atoms with E-state index in [4.69, 9.17) is 5.11 Å². The molecule has 1 aromatic carbocycles. The predicted molar refractivity (Wildman–Crippen MR) is 74.8 cm³/mol. The van der Waals surface area contributed by atoms with Crippen molar-refractivity contribution in [2.45, 2.75) is 13.8 Å². The highest BCUT2D eigenvalue weighted by Crippen LogP contribution is 2.24. The van der Waals surface area contributed by atoms with Crippen LogP contribution >= 0.6 is 0 Å². The van der Waals surface area contributed by atoms with Crippen molar-refractivity contribution in [1.82, 2.24) is 9.97 Å². The number of nitro benzene ring substituents is 1. The van der Waals surface area contributed by atoms with Gasteiger partial charge >= 0.3 is 5.97 Å². The summed E-state index contributed by atoms with van der Waals surface area (Å²) in [5, 5.41) is 22.6. The predicted octanol–water partition coefficient (Wildman–Crippen LogP) is 2.44. The van der Waals surface area contributed by atoms with Crippen LogP contribution in [0.3, 0.4) is 0 Å². The summed E-state index contributed by atoms with van der Waals surface area (Å²) < 4.78 is 0. The maximum Gasteiger partial charge on any atom is 0.338 e. The minimum atomic E-state index is -1.27. The van der Waals surface area contributed by atoms with Crippen molar-refractivity contribution in [3.8, 4) is 0 Å². The normalized spacial score (nSPS) is 10.2. The van der Waals surface area contributed by atoms with Gasteiger partial charge in [0.1, 0.15) is 0 Å². The minimum Gasteiger partial charge on any atom is -0.478 e. The van der Waals surface area contributed by atoms with E-state index < -0.39 is 10.9 Å². The number of carboxylic acid groups (broad SMARTS) is 1. The van der Waals surface area contributed by atoms with Gasteiger partial charge in [-0.05, 0) is 26.0 Å². The third kappa shape index (κ3) is 3.30. The van der Waals surface area contributed by atoms with Crippen molar-refractivity contribution in [2.75, 3.05) is 5.32 Å². The van der Waals surface area contributed by atoms with Crippen molar-refractivity contribution < 1.29 is 14.8 Å². The van der Waals surface area contributed by atoms with Crippen LogP contribution in [0.4, 0.5) is 17.3 Å². The average Bonchev–Trinajstić information content (AvgIpc) is 2.37. The van der Waals surface area contributed by atoms with E-state index in [2.05, 4.69) is 15.3 Å². The molecule has 21 heavy (non-hydrogen) atoms. The van der Waals surface area contributed by atoms with Crippen molar-refractivity contribution >= 4 is 23.3 Å². The number of rotatable bonds is 4. The Bertz CT molecular complexity index is 710. The summed E-state index contributed by atoms with van der Waals surface area (Å²) in [6.45, 7) is 3.57. The largest absolute Gasteiger partial charge is 0.478 e. The van der Waals surface area contributed by atoms with Gasteiger partial charge in [-0.15, -0.1) is 0 Å². The summed E-state index contributed by atoms with van der Waals surface area (Å²) in [5.41, 5.74) is 1.14. The number of hydrogen-bond donors (Lipinski definition) is 2. The van der Waals surface area contributed by atoms with Crippen LogP contribution in [0.15, 0.2) is 24.3 Å². The molecular formula is C13H12N4O4. The number of carboxylic acids is 1. The number of carbonyl (C=O) groups is 1. The first-order valence-corrected chi connectivity index (χ1v) is 5.98. The monoisotopic (exact) mass is 288 g/mol. The van der Waals surface area contributed by atoms with Gasteiger partial charge in [0, 0.05) is 23.5 Å². The van der Waals surface area contributed by atoms with Gasteiger partial charge in [-0.1, -0.05) is 0 Å². The van der Waals surface area contributed by atoms with Crippen molar-refractivity contribution in [3.63, 3.8) is 0 Å². The summed E-state index contributed by atoms with van der Waals surface area (Å²) in [5.74, 6) is -1.03. The Kier molecular flexibility index (Phi) is 3.79. The van der Waals surface area contributed by atoms with Crippen LogP contribution < -0.4 is 5.32 Å². The molecule has 0 unspecified atom stereocenters. The van der Waals surface area contributed by atoms with Gasteiger partial charge in [0.05, 0.1) is 16.2 Å². The molecule has 1 aromatic heterocycles. The van der Waals surface area contributed by atoms with Crippen LogP contribution in [0.2, 0.25) is 0 Å². The summed E-state index contributed by atoms with van der Waals surface area (Å²) >= 11 is 0. The SMILES string of the molecule is Cc1cc(C)nc(Nc2ccc([N+](=O)[O-])cc2C(=O)O)n1. The Balaban J connectivity index is 2.43. The zero-order valence-electron chi connectivity index (χ0n) is 11.3. The Morgan fingerprint density at radius 1 is 1.24 bits per heavy atom. The van der Waals surface area contributed by atoms with Crippen molar-refractivity contribution in [1.29, 1.82) is 0 Å². The highest BCUT2D eigenvalue weighted by molar-refractivity contribution is 5.95. The third-order valence-corrected chi connectivity index (χ3v) is 2.67. The lowest BCUT2D eigenvalue weighted by atomic mass is 10.1. The average molecular weight is 288 g/mol. The fourth-order valence-corrected chi connectivity index (χ4v) is 1.83. The molecule has 0 saturated carbocycles. The number of aromatic nitrogens is 2. The fraction of sp³-hybridized carbons (Fsp3) is 0.154. The van der Waals surface area contributed by atoms with Gasteiger partial charge < -0.3 is 10.4 Å². The number of benzene rings is 1. The van der Waals surface area contributed by atoms with Gasteiger partial charge in [0.2, 0.25) is 5.95 Å². The van der Waals surface area contributed by atoms with E-state index in [9.17, 15) is 14.9 Å². The number of anilines is 2. The molecule has 0 bridgehead atoms. The van der Waals surface area contributed by atoms with E-state index in [1.165, 1.54) is 12.1 Å². The van der Waals surface area contributed by atoms with Gasteiger partial charge in [-0.3, -0.25) is 10.1 Å². The molecule has 0 amide bonds. The molecule has 0 spiro atoms. The van der Waals surface area contributed by atoms with Gasteiger partial charge in [-0.2, -0.15) is 0 Å². The van der Waals surface area contributed by atoms with Crippen molar-refractivity contribution in [3.05, 3.63) is 51.3 Å². The van der Waals surface area contributed by atoms with Gasteiger partial charge in [-0.25, -0.2) is 14.8 Å². The topological polar surface area (TPSA) is 118 Å². The molecule has 2 N–H and O–H groups in total. The smallest absolute Gasteiger partial charge is 0.338 e. The maximum atomic E-state index is 11.2. The first-order chi connectivity index (χ1) is 9.86. The zero-order chi connectivity index (χ0) is 15.6. The summed E-state index contributed by atoms with van der Waals surface area (Å²) in [4.78, 5) is 29.5. The van der Waals surface area contributed by atoms with Crippen LogP contribution in [0.25, 0.3) is 0 Å². The number of nitrogens with one attached hydrogen (secondary N) is 1. The van der Waals surface area contributed by atoms with Crippen LogP contribution in [0.1, 0.15) is 21.7 Å². The van der Waals surface area contributed by atoms with Crippen LogP contribution in [0, 0.1) is 24.0 Å². The first kappa shape index (κ1) is 14.4. The molecule has 8 heteroatoms. The Morgan fingerprint density at radius 3 is 2.38 bits per heavy atom. The van der Waals surface area contributed by atoms with E-state index >= 15 is 0 Å². The Morgan fingerprint density at radius 2 is 1.86 bits per heavy atom. The van der Waals surface area contributed by atoms with E-state index in [-0.39, 0.29) is 22.9 Å². The standard InChI is InChI=1S/C13H12N4O4/c1-7-5-8(2)15-13(14-7)16-11-4-3-9(17(20)21)6-10(11)12(18)19/h3-6H,1-2H3,(H,18,19)(H,14,15,16). The molecule has 0 fully saturated rings. The molecule has 0 aliphatic carbocycles. The quantitative estimate of drug-likeness (QED) is 0.655. The summed E-state index contributed by atoms with van der Waals surface area (Å²) in [7, 11) is 0. The lowest BCUT2D eigenvalue weighted by molar-refractivity contribution is -0.384. The van der Waals surface area contributed by atoms with E-state index in [1.807, 2.05) is 0 Å². The van der Waals surface area contributed by atoms with Crippen LogP contribution in [-0.2, 0) is 0 Å². The lowest BCUT2D eigenvalue weighted by Gasteiger charge is -2.09. The summed E-state index contributed by atoms with van der Waals surface area (Å²) in [6, 6.07) is 5.31. The molecule has 0 aliphatic heterocycles. The van der Waals surface area contributed by atoms with Gasteiger partial charge in [0.15, 0.2) is 0 Å². The number of aryl methyl sites for hydroxylation is 2. The Hall–Kier alpha value is -3.03. The Labute approximate surface area is 119 Å². The zero-order valence-corrected chi connectivity index (χ0v) is 11.3. The molecular weight excluding hydrogens is 276 g/mol. The first-order valence-electron chi connectivity index (χ1n) is 5.98. The molecule has 108 valence electrons. The summed E-state index contributed by atoms with van der Waals surface area (Å²) in [6.07, 6.45) is 0. The van der Waals surface area contributed by atoms with E-state index in [0.717, 1.165) is 17.5 Å². The lowest BCUT2D eigenvalue weighted by Crippen LogP contribution is -2.06. The second-order valence-corrected chi connectivity index (χ2v) is 4.39. The van der Waals surface area contributed by atoms with E-state index in [0.29, 0.717) is 0 Å². The number of aromatic carboxylic acids is 1.